The molecule has 36 heavy (non-hydrogen) atoms. The standard InChI is InChI=1S/C26H19F3N4O3/c27-17-4-1-14(26(30)35)9-16(17)15-3-5-18(28)23(24(15)29)25(34)13-2-6-19-20(10-13)32-11-21(33-19)22-12-31-7-8-36-22/h1-6,9-11,22,31H,7-8,12H2,(H2,30,35). The van der Waals surface area contributed by atoms with Crippen molar-refractivity contribution in [3.63, 3.8) is 0 Å². The van der Waals surface area contributed by atoms with Gasteiger partial charge in [-0.3, -0.25) is 14.6 Å². The average Bonchev–Trinajstić information content (AvgIpc) is 2.89. The number of nitrogens with one attached hydrogen (secondary N) is 1. The van der Waals surface area contributed by atoms with Gasteiger partial charge in [-0.25, -0.2) is 18.2 Å². The number of morpholine rings is 1. The summed E-state index contributed by atoms with van der Waals surface area (Å²) in [7, 11) is 0. The van der Waals surface area contributed by atoms with Crippen LogP contribution in [0.1, 0.15) is 38.1 Å². The average molecular weight is 492 g/mol. The Kier molecular flexibility index (Phi) is 6.21. The summed E-state index contributed by atoms with van der Waals surface area (Å²) in [6, 6.07) is 9.32. The molecular formula is C26H19F3N4O3. The lowest BCUT2D eigenvalue weighted by Gasteiger charge is -2.22. The van der Waals surface area contributed by atoms with Gasteiger partial charge < -0.3 is 15.8 Å². The minimum atomic E-state index is -1.26. The number of primary amides is 1. The van der Waals surface area contributed by atoms with Gasteiger partial charge in [0.05, 0.1) is 35.1 Å². The Morgan fingerprint density at radius 3 is 2.47 bits per heavy atom. The summed E-state index contributed by atoms with van der Waals surface area (Å²) in [6.07, 6.45) is 1.28. The van der Waals surface area contributed by atoms with E-state index in [4.69, 9.17) is 10.5 Å². The number of hydrogen-bond donors (Lipinski definition) is 2. The van der Waals surface area contributed by atoms with Crippen LogP contribution in [0.2, 0.25) is 0 Å². The predicted octanol–water partition coefficient (Wildman–Crippen LogP) is 3.70. The van der Waals surface area contributed by atoms with Crippen LogP contribution in [0.15, 0.2) is 54.7 Å². The molecule has 1 atom stereocenters. The molecule has 10 heteroatoms. The van der Waals surface area contributed by atoms with E-state index in [9.17, 15) is 18.4 Å². The van der Waals surface area contributed by atoms with Gasteiger partial charge in [-0.05, 0) is 48.5 Å². The van der Waals surface area contributed by atoms with Gasteiger partial charge in [0.25, 0.3) is 0 Å². The minimum absolute atomic E-state index is 0.0264. The molecule has 182 valence electrons. The second kappa shape index (κ2) is 9.48. The quantitative estimate of drug-likeness (QED) is 0.412. The van der Waals surface area contributed by atoms with E-state index in [1.165, 1.54) is 24.4 Å². The van der Waals surface area contributed by atoms with Crippen LogP contribution in [0.3, 0.4) is 0 Å². The normalized spacial score (nSPS) is 15.7. The van der Waals surface area contributed by atoms with Crippen LogP contribution in [-0.2, 0) is 4.74 Å². The molecule has 0 spiro atoms. The molecule has 0 bridgehead atoms. The molecule has 4 aromatic rings. The lowest BCUT2D eigenvalue weighted by atomic mass is 9.95. The highest BCUT2D eigenvalue weighted by Gasteiger charge is 2.25. The summed E-state index contributed by atoms with van der Waals surface area (Å²) in [6.45, 7) is 1.89. The van der Waals surface area contributed by atoms with Crippen LogP contribution in [0, 0.1) is 17.5 Å². The maximum atomic E-state index is 15.4. The number of nitrogens with zero attached hydrogens (tertiary/aromatic N) is 2. The zero-order valence-electron chi connectivity index (χ0n) is 18.7. The maximum Gasteiger partial charge on any atom is 0.248 e. The number of aromatic nitrogens is 2. The third-order valence-electron chi connectivity index (χ3n) is 5.94. The van der Waals surface area contributed by atoms with Gasteiger partial charge in [-0.15, -0.1) is 0 Å². The number of ether oxygens (including phenoxy) is 1. The number of hydrogen-bond acceptors (Lipinski definition) is 6. The molecule has 2 heterocycles. The van der Waals surface area contributed by atoms with Crippen LogP contribution in [0.4, 0.5) is 13.2 Å². The van der Waals surface area contributed by atoms with Crippen molar-refractivity contribution in [2.45, 2.75) is 6.10 Å². The first-order valence-corrected chi connectivity index (χ1v) is 11.0. The summed E-state index contributed by atoms with van der Waals surface area (Å²) in [5.41, 5.74) is 5.04. The van der Waals surface area contributed by atoms with Gasteiger partial charge in [-0.2, -0.15) is 0 Å². The summed E-state index contributed by atoms with van der Waals surface area (Å²) >= 11 is 0. The van der Waals surface area contributed by atoms with Crippen molar-refractivity contribution in [3.05, 3.63) is 94.6 Å². The van der Waals surface area contributed by atoms with E-state index in [0.29, 0.717) is 29.9 Å². The first kappa shape index (κ1) is 23.6. The van der Waals surface area contributed by atoms with E-state index >= 15 is 4.39 Å². The van der Waals surface area contributed by atoms with E-state index in [2.05, 4.69) is 15.3 Å². The van der Waals surface area contributed by atoms with Crippen molar-refractivity contribution >= 4 is 22.7 Å². The highest BCUT2D eigenvalue weighted by Crippen LogP contribution is 2.31. The van der Waals surface area contributed by atoms with Crippen molar-refractivity contribution in [2.24, 2.45) is 5.73 Å². The highest BCUT2D eigenvalue weighted by molar-refractivity contribution is 6.11. The Hall–Kier alpha value is -4.15. The van der Waals surface area contributed by atoms with Gasteiger partial charge in [0, 0.05) is 35.3 Å². The van der Waals surface area contributed by atoms with Gasteiger partial charge in [0.1, 0.15) is 23.6 Å². The Balaban J connectivity index is 1.53. The van der Waals surface area contributed by atoms with Crippen molar-refractivity contribution in [1.29, 1.82) is 0 Å². The summed E-state index contributed by atoms with van der Waals surface area (Å²) < 4.78 is 50.3. The highest BCUT2D eigenvalue weighted by atomic mass is 19.1. The zero-order chi connectivity index (χ0) is 25.4. The molecule has 7 nitrogen and oxygen atoms in total. The summed E-state index contributed by atoms with van der Waals surface area (Å²) in [4.78, 5) is 33.5. The van der Waals surface area contributed by atoms with E-state index in [1.807, 2.05) is 0 Å². The third-order valence-corrected chi connectivity index (χ3v) is 5.94. The smallest absolute Gasteiger partial charge is 0.248 e. The van der Waals surface area contributed by atoms with Crippen LogP contribution in [-0.4, -0.2) is 41.4 Å². The Morgan fingerprint density at radius 1 is 0.944 bits per heavy atom. The lowest BCUT2D eigenvalue weighted by Crippen LogP contribution is -2.33. The van der Waals surface area contributed by atoms with E-state index in [-0.39, 0.29) is 28.4 Å². The second-order valence-electron chi connectivity index (χ2n) is 8.23. The minimum Gasteiger partial charge on any atom is -0.369 e. The first-order chi connectivity index (χ1) is 17.3. The van der Waals surface area contributed by atoms with E-state index < -0.39 is 34.7 Å². The molecule has 3 N–H and O–H groups in total. The van der Waals surface area contributed by atoms with E-state index in [1.54, 1.807) is 0 Å². The third kappa shape index (κ3) is 4.32. The number of carbonyl (C=O) groups excluding carboxylic acids is 2. The molecule has 1 amide bonds. The number of halogens is 3. The Labute approximate surface area is 203 Å². The van der Waals surface area contributed by atoms with Crippen LogP contribution in [0.25, 0.3) is 22.2 Å². The maximum absolute atomic E-state index is 15.4. The zero-order valence-corrected chi connectivity index (χ0v) is 18.7. The number of amides is 1. The van der Waals surface area contributed by atoms with Gasteiger partial charge in [0.2, 0.25) is 5.91 Å². The lowest BCUT2D eigenvalue weighted by molar-refractivity contribution is 0.0250. The van der Waals surface area contributed by atoms with Gasteiger partial charge in [-0.1, -0.05) is 0 Å². The number of nitrogens with two attached hydrogens (primary N) is 1. The second-order valence-corrected chi connectivity index (χ2v) is 8.23. The van der Waals surface area contributed by atoms with Gasteiger partial charge >= 0.3 is 0 Å². The molecule has 0 aliphatic carbocycles. The molecule has 1 aliphatic rings. The molecule has 5 rings (SSSR count). The molecule has 1 saturated heterocycles. The monoisotopic (exact) mass is 492 g/mol. The number of carbonyl (C=O) groups is 2. The van der Waals surface area contributed by atoms with Crippen LogP contribution in [0.5, 0.6) is 0 Å². The van der Waals surface area contributed by atoms with Crippen molar-refractivity contribution in [3.8, 4) is 11.1 Å². The molecule has 1 aromatic heterocycles. The Bertz CT molecular complexity index is 1520. The molecule has 0 saturated carbocycles. The van der Waals surface area contributed by atoms with E-state index in [0.717, 1.165) is 36.9 Å². The van der Waals surface area contributed by atoms with Crippen molar-refractivity contribution in [1.82, 2.24) is 15.3 Å². The summed E-state index contributed by atoms with van der Waals surface area (Å²) in [5, 5.41) is 3.21. The fraction of sp³-hybridized carbons (Fsp3) is 0.154. The molecule has 1 aliphatic heterocycles. The van der Waals surface area contributed by atoms with Crippen LogP contribution >= 0.6 is 0 Å². The Morgan fingerprint density at radius 2 is 1.72 bits per heavy atom. The predicted molar refractivity (Wildman–Crippen MR) is 125 cm³/mol. The largest absolute Gasteiger partial charge is 0.369 e. The van der Waals surface area contributed by atoms with Crippen LogP contribution < -0.4 is 11.1 Å². The fourth-order valence-electron chi connectivity index (χ4n) is 4.07. The molecule has 3 aromatic carbocycles. The molecular weight excluding hydrogens is 473 g/mol. The molecule has 0 radical (unpaired) electrons. The van der Waals surface area contributed by atoms with Crippen molar-refractivity contribution in [2.75, 3.05) is 19.7 Å². The number of fused-ring (bicyclic) bond motifs is 1. The number of benzene rings is 3. The number of ketones is 1. The topological polar surface area (TPSA) is 107 Å². The first-order valence-electron chi connectivity index (χ1n) is 11.0. The van der Waals surface area contributed by atoms with Crippen molar-refractivity contribution < 1.29 is 27.5 Å². The molecule has 1 unspecified atom stereocenters. The van der Waals surface area contributed by atoms with Gasteiger partial charge in [0.15, 0.2) is 5.78 Å². The molecule has 1 fully saturated rings. The summed E-state index contributed by atoms with van der Waals surface area (Å²) in [5.74, 6) is -5.04. The fourth-order valence-corrected chi connectivity index (χ4v) is 4.07. The number of rotatable bonds is 5. The SMILES string of the molecule is NC(=O)c1ccc(F)c(-c2ccc(F)c(C(=O)c3ccc4nc(C5CNCCO5)cnc4c3)c2F)c1.